The average Bonchev–Trinajstić information content (AvgIpc) is 2.72. The molecule has 0 aromatic heterocycles. The van der Waals surface area contributed by atoms with E-state index in [2.05, 4.69) is 52.3 Å². The van der Waals surface area contributed by atoms with Gasteiger partial charge >= 0.3 is 0 Å². The van der Waals surface area contributed by atoms with E-state index in [1.165, 1.54) is 11.1 Å². The average molecular weight is 403 g/mol. The summed E-state index contributed by atoms with van der Waals surface area (Å²) in [5.41, 5.74) is 2.61. The van der Waals surface area contributed by atoms with E-state index in [-0.39, 0.29) is 0 Å². The Morgan fingerprint density at radius 1 is 0.926 bits per heavy atom. The summed E-state index contributed by atoms with van der Waals surface area (Å²) in [7, 11) is 3.34. The summed E-state index contributed by atoms with van der Waals surface area (Å²) in [4.78, 5) is 4.76. The molecule has 0 atom stereocenters. The van der Waals surface area contributed by atoms with Gasteiger partial charge in [0.2, 0.25) is 0 Å². The molecule has 0 N–H and O–H groups in total. The first-order chi connectivity index (χ1) is 13.2. The monoisotopic (exact) mass is 402 g/mol. The Morgan fingerprint density at radius 3 is 2.41 bits per heavy atom. The van der Waals surface area contributed by atoms with Gasteiger partial charge in [-0.2, -0.15) is 0 Å². The summed E-state index contributed by atoms with van der Waals surface area (Å²) in [6.07, 6.45) is 1.99. The first kappa shape index (κ1) is 20.0. The molecule has 1 heterocycles. The predicted molar refractivity (Wildman–Crippen MR) is 117 cm³/mol. The lowest BCUT2D eigenvalue weighted by molar-refractivity contribution is 0.215. The van der Waals surface area contributed by atoms with Gasteiger partial charge in [-0.3, -0.25) is 4.90 Å². The van der Waals surface area contributed by atoms with E-state index in [1.807, 2.05) is 6.07 Å². The Morgan fingerprint density at radius 2 is 1.67 bits per heavy atom. The Kier molecular flexibility index (Phi) is 7.38. The van der Waals surface area contributed by atoms with Gasteiger partial charge in [0.15, 0.2) is 11.5 Å². The van der Waals surface area contributed by atoms with Crippen molar-refractivity contribution in [2.24, 2.45) is 0 Å². The van der Waals surface area contributed by atoms with Crippen molar-refractivity contribution in [1.82, 2.24) is 9.80 Å². The number of thioether (sulfide) groups is 1. The molecule has 0 amide bonds. The van der Waals surface area contributed by atoms with Gasteiger partial charge in [0.1, 0.15) is 4.32 Å². The molecule has 0 aliphatic carbocycles. The van der Waals surface area contributed by atoms with E-state index in [0.29, 0.717) is 0 Å². The van der Waals surface area contributed by atoms with Gasteiger partial charge in [-0.15, -0.1) is 0 Å². The fourth-order valence-corrected chi connectivity index (χ4v) is 4.25. The number of rotatable bonds is 8. The van der Waals surface area contributed by atoms with E-state index >= 15 is 0 Å². The third-order valence-corrected chi connectivity index (χ3v) is 6.29. The molecular weight excluding hydrogens is 376 g/mol. The van der Waals surface area contributed by atoms with Crippen LogP contribution in [0.25, 0.3) is 0 Å². The Labute approximate surface area is 171 Å². The molecule has 1 saturated heterocycles. The van der Waals surface area contributed by atoms with Gasteiger partial charge in [-0.25, -0.2) is 0 Å². The summed E-state index contributed by atoms with van der Waals surface area (Å²) in [6, 6.07) is 16.7. The van der Waals surface area contributed by atoms with E-state index in [1.54, 1.807) is 26.0 Å². The van der Waals surface area contributed by atoms with Crippen LogP contribution >= 0.6 is 24.0 Å². The molecule has 0 bridgehead atoms. The molecule has 1 aliphatic heterocycles. The smallest absolute Gasteiger partial charge is 0.160 e. The Hall–Kier alpha value is -1.76. The van der Waals surface area contributed by atoms with Gasteiger partial charge in [0.05, 0.1) is 26.8 Å². The minimum atomic E-state index is 0.771. The van der Waals surface area contributed by atoms with E-state index < -0.39 is 0 Å². The summed E-state index contributed by atoms with van der Waals surface area (Å²) < 4.78 is 11.7. The summed E-state index contributed by atoms with van der Waals surface area (Å²) in [5.74, 6) is 2.51. The van der Waals surface area contributed by atoms with Crippen LogP contribution in [0.2, 0.25) is 0 Å². The van der Waals surface area contributed by atoms with E-state index in [4.69, 9.17) is 21.7 Å². The normalized spacial score (nSPS) is 15.0. The molecule has 2 aromatic carbocycles. The minimum absolute atomic E-state index is 0.771. The molecule has 4 nitrogen and oxygen atoms in total. The molecule has 0 spiro atoms. The fraction of sp³-hybridized carbons (Fsp3) is 0.381. The van der Waals surface area contributed by atoms with Crippen molar-refractivity contribution < 1.29 is 9.47 Å². The van der Waals surface area contributed by atoms with Crippen LogP contribution in [0.3, 0.4) is 0 Å². The third-order valence-electron chi connectivity index (χ3n) is 4.68. The van der Waals surface area contributed by atoms with Crippen LogP contribution in [0.15, 0.2) is 48.5 Å². The molecule has 0 radical (unpaired) electrons. The summed E-state index contributed by atoms with van der Waals surface area (Å²) >= 11 is 7.32. The van der Waals surface area contributed by atoms with Crippen molar-refractivity contribution >= 4 is 28.3 Å². The minimum Gasteiger partial charge on any atom is -0.493 e. The van der Waals surface area contributed by atoms with Crippen LogP contribution in [0.4, 0.5) is 0 Å². The van der Waals surface area contributed by atoms with Gasteiger partial charge < -0.3 is 14.4 Å². The van der Waals surface area contributed by atoms with Crippen LogP contribution in [-0.4, -0.2) is 54.0 Å². The molecule has 27 heavy (non-hydrogen) atoms. The van der Waals surface area contributed by atoms with Crippen molar-refractivity contribution in [3.8, 4) is 11.5 Å². The Balaban J connectivity index is 1.52. The highest BCUT2D eigenvalue weighted by molar-refractivity contribution is 8.22. The van der Waals surface area contributed by atoms with Crippen LogP contribution in [0.1, 0.15) is 11.1 Å². The fourth-order valence-electron chi connectivity index (χ4n) is 3.11. The third kappa shape index (κ3) is 5.61. The first-order valence-electron chi connectivity index (χ1n) is 9.08. The van der Waals surface area contributed by atoms with Gasteiger partial charge in [-0.05, 0) is 36.1 Å². The van der Waals surface area contributed by atoms with Gasteiger partial charge in [0.25, 0.3) is 0 Å². The number of benzene rings is 2. The molecule has 6 heteroatoms. The number of methoxy groups -OCH3 is 2. The zero-order chi connectivity index (χ0) is 19.1. The van der Waals surface area contributed by atoms with Crippen LogP contribution in [0, 0.1) is 0 Å². The molecule has 0 saturated carbocycles. The lowest BCUT2D eigenvalue weighted by atomic mass is 10.1. The zero-order valence-electron chi connectivity index (χ0n) is 15.9. The second kappa shape index (κ2) is 9.97. The standard InChI is InChI=1S/C21H26N2O2S2/c1-24-19-9-8-18(14-20(19)25-2)10-12-22-15-23(21(26)27-16-22)13-11-17-6-4-3-5-7-17/h3-9,14H,10-13,15-16H2,1-2H3. The number of ether oxygens (including phenoxy) is 2. The van der Waals surface area contributed by atoms with Crippen LogP contribution in [0.5, 0.6) is 11.5 Å². The maximum absolute atomic E-state index is 5.57. The highest BCUT2D eigenvalue weighted by Crippen LogP contribution is 2.28. The van der Waals surface area contributed by atoms with Crippen LogP contribution in [-0.2, 0) is 12.8 Å². The van der Waals surface area contributed by atoms with Crippen LogP contribution < -0.4 is 9.47 Å². The van der Waals surface area contributed by atoms with Crippen molar-refractivity contribution in [2.75, 3.05) is 39.9 Å². The highest BCUT2D eigenvalue weighted by atomic mass is 32.2. The maximum Gasteiger partial charge on any atom is 0.160 e. The van der Waals surface area contributed by atoms with Gasteiger partial charge in [-0.1, -0.05) is 60.4 Å². The second-order valence-corrected chi connectivity index (χ2v) is 8.09. The predicted octanol–water partition coefficient (Wildman–Crippen LogP) is 4.04. The largest absolute Gasteiger partial charge is 0.493 e. The SMILES string of the molecule is COc1ccc(CCN2CSC(=S)N(CCc3ccccc3)C2)cc1OC. The van der Waals surface area contributed by atoms with Crippen molar-refractivity contribution in [3.05, 3.63) is 59.7 Å². The molecule has 1 aliphatic rings. The molecule has 2 aromatic rings. The number of hydrogen-bond acceptors (Lipinski definition) is 5. The second-order valence-electron chi connectivity index (χ2n) is 6.51. The Bertz CT molecular complexity index is 755. The quantitative estimate of drug-likeness (QED) is 0.618. The molecule has 1 fully saturated rings. The van der Waals surface area contributed by atoms with Crippen molar-refractivity contribution in [3.63, 3.8) is 0 Å². The summed E-state index contributed by atoms with van der Waals surface area (Å²) in [5, 5.41) is 0. The van der Waals surface area contributed by atoms with Crippen molar-refractivity contribution in [2.45, 2.75) is 12.8 Å². The van der Waals surface area contributed by atoms with E-state index in [0.717, 1.165) is 54.3 Å². The summed E-state index contributed by atoms with van der Waals surface area (Å²) in [6.45, 7) is 2.85. The lowest BCUT2D eigenvalue weighted by Crippen LogP contribution is -2.46. The maximum atomic E-state index is 5.57. The van der Waals surface area contributed by atoms with Crippen molar-refractivity contribution in [1.29, 1.82) is 0 Å². The zero-order valence-corrected chi connectivity index (χ0v) is 17.5. The highest BCUT2D eigenvalue weighted by Gasteiger charge is 2.21. The number of nitrogens with zero attached hydrogens (tertiary/aromatic N) is 2. The number of hydrogen-bond donors (Lipinski definition) is 0. The van der Waals surface area contributed by atoms with E-state index in [9.17, 15) is 0 Å². The molecular formula is C21H26N2O2S2. The molecule has 0 unspecified atom stereocenters. The van der Waals surface area contributed by atoms with Gasteiger partial charge in [0, 0.05) is 13.1 Å². The number of thiocarbonyl (C=S) groups is 1. The lowest BCUT2D eigenvalue weighted by Gasteiger charge is -2.36. The molecule has 3 rings (SSSR count). The topological polar surface area (TPSA) is 24.9 Å². The molecule has 144 valence electrons. The first-order valence-corrected chi connectivity index (χ1v) is 10.5.